The van der Waals surface area contributed by atoms with Crippen molar-refractivity contribution in [3.63, 3.8) is 0 Å². The molecule has 0 saturated carbocycles. The average molecular weight is 313 g/mol. The van der Waals surface area contributed by atoms with Crippen molar-refractivity contribution in [2.24, 2.45) is 0 Å². The van der Waals surface area contributed by atoms with Gasteiger partial charge < -0.3 is 14.8 Å². The zero-order chi connectivity index (χ0) is 16.7. The maximum Gasteiger partial charge on any atom is 0.262 e. The molecule has 2 aromatic rings. The van der Waals surface area contributed by atoms with Gasteiger partial charge >= 0.3 is 0 Å². The second-order valence-electron chi connectivity index (χ2n) is 5.48. The van der Waals surface area contributed by atoms with Crippen LogP contribution < -0.4 is 14.8 Å². The van der Waals surface area contributed by atoms with Crippen LogP contribution in [0.15, 0.2) is 42.5 Å². The van der Waals surface area contributed by atoms with Crippen LogP contribution in [0.25, 0.3) is 0 Å². The Hall–Kier alpha value is -2.49. The SMILES string of the molecule is CCCOc1ccc(NC(=O)COc2ccc(C)cc2C)cc1. The molecule has 122 valence electrons. The third-order valence-electron chi connectivity index (χ3n) is 3.30. The number of aryl methyl sites for hydroxylation is 2. The molecule has 23 heavy (non-hydrogen) atoms. The van der Waals surface area contributed by atoms with E-state index < -0.39 is 0 Å². The molecular formula is C19H23NO3. The second-order valence-corrected chi connectivity index (χ2v) is 5.48. The van der Waals surface area contributed by atoms with E-state index in [1.165, 1.54) is 5.56 Å². The Labute approximate surface area is 137 Å². The summed E-state index contributed by atoms with van der Waals surface area (Å²) in [6.45, 7) is 6.73. The van der Waals surface area contributed by atoms with E-state index in [9.17, 15) is 4.79 Å². The lowest BCUT2D eigenvalue weighted by Crippen LogP contribution is -2.20. The second kappa shape index (κ2) is 8.22. The lowest BCUT2D eigenvalue weighted by molar-refractivity contribution is -0.118. The van der Waals surface area contributed by atoms with E-state index in [1.54, 1.807) is 0 Å². The largest absolute Gasteiger partial charge is 0.494 e. The molecule has 0 spiro atoms. The Morgan fingerprint density at radius 3 is 2.43 bits per heavy atom. The topological polar surface area (TPSA) is 47.6 Å². The third kappa shape index (κ3) is 5.33. The zero-order valence-electron chi connectivity index (χ0n) is 13.9. The van der Waals surface area contributed by atoms with Gasteiger partial charge in [-0.3, -0.25) is 4.79 Å². The zero-order valence-corrected chi connectivity index (χ0v) is 13.9. The summed E-state index contributed by atoms with van der Waals surface area (Å²) in [5.41, 5.74) is 2.92. The van der Waals surface area contributed by atoms with Crippen molar-refractivity contribution in [1.82, 2.24) is 0 Å². The lowest BCUT2D eigenvalue weighted by Gasteiger charge is -2.10. The summed E-state index contributed by atoms with van der Waals surface area (Å²) >= 11 is 0. The number of rotatable bonds is 7. The van der Waals surface area contributed by atoms with Crippen LogP contribution in [0.2, 0.25) is 0 Å². The predicted octanol–water partition coefficient (Wildman–Crippen LogP) is 4.11. The molecule has 2 rings (SSSR count). The van der Waals surface area contributed by atoms with Crippen molar-refractivity contribution in [2.75, 3.05) is 18.5 Å². The molecule has 0 bridgehead atoms. The van der Waals surface area contributed by atoms with Crippen molar-refractivity contribution >= 4 is 11.6 Å². The Kier molecular flexibility index (Phi) is 6.03. The smallest absolute Gasteiger partial charge is 0.262 e. The molecule has 0 aliphatic heterocycles. The molecule has 0 aliphatic rings. The molecule has 0 fully saturated rings. The van der Waals surface area contributed by atoms with Crippen LogP contribution in [0.5, 0.6) is 11.5 Å². The van der Waals surface area contributed by atoms with Gasteiger partial charge in [0.2, 0.25) is 0 Å². The van der Waals surface area contributed by atoms with Crippen LogP contribution in [0.1, 0.15) is 24.5 Å². The third-order valence-corrected chi connectivity index (χ3v) is 3.30. The number of benzene rings is 2. The molecule has 0 heterocycles. The summed E-state index contributed by atoms with van der Waals surface area (Å²) < 4.78 is 11.1. The molecule has 4 heteroatoms. The van der Waals surface area contributed by atoms with E-state index in [0.717, 1.165) is 29.2 Å². The number of ether oxygens (including phenoxy) is 2. The van der Waals surface area contributed by atoms with E-state index in [2.05, 4.69) is 12.2 Å². The van der Waals surface area contributed by atoms with Crippen LogP contribution >= 0.6 is 0 Å². The van der Waals surface area contributed by atoms with Crippen LogP contribution in [-0.2, 0) is 4.79 Å². The van der Waals surface area contributed by atoms with Crippen molar-refractivity contribution in [3.05, 3.63) is 53.6 Å². The number of carbonyl (C=O) groups excluding carboxylic acids is 1. The first-order chi connectivity index (χ1) is 11.1. The van der Waals surface area contributed by atoms with E-state index in [0.29, 0.717) is 6.61 Å². The Morgan fingerprint density at radius 1 is 1.04 bits per heavy atom. The molecule has 4 nitrogen and oxygen atoms in total. The van der Waals surface area contributed by atoms with Crippen LogP contribution in [-0.4, -0.2) is 19.1 Å². The first-order valence-electron chi connectivity index (χ1n) is 7.81. The molecule has 2 aromatic carbocycles. The molecular weight excluding hydrogens is 290 g/mol. The highest BCUT2D eigenvalue weighted by Crippen LogP contribution is 2.19. The number of anilines is 1. The van der Waals surface area contributed by atoms with Gasteiger partial charge in [0, 0.05) is 5.69 Å². The molecule has 1 amide bonds. The van der Waals surface area contributed by atoms with Crippen LogP contribution in [0.3, 0.4) is 0 Å². The highest BCUT2D eigenvalue weighted by atomic mass is 16.5. The van der Waals surface area contributed by atoms with Gasteiger partial charge in [-0.2, -0.15) is 0 Å². The molecule has 0 atom stereocenters. The average Bonchev–Trinajstić information content (AvgIpc) is 2.53. The summed E-state index contributed by atoms with van der Waals surface area (Å²) in [7, 11) is 0. The number of hydrogen-bond donors (Lipinski definition) is 1. The number of amides is 1. The Balaban J connectivity index is 1.84. The highest BCUT2D eigenvalue weighted by Gasteiger charge is 2.06. The van der Waals surface area contributed by atoms with Gasteiger partial charge in [0.25, 0.3) is 5.91 Å². The summed E-state index contributed by atoms with van der Waals surface area (Å²) in [6, 6.07) is 13.2. The van der Waals surface area contributed by atoms with E-state index >= 15 is 0 Å². The van der Waals surface area contributed by atoms with Crippen molar-refractivity contribution in [3.8, 4) is 11.5 Å². The minimum Gasteiger partial charge on any atom is -0.494 e. The number of hydrogen-bond acceptors (Lipinski definition) is 3. The summed E-state index contributed by atoms with van der Waals surface area (Å²) in [5, 5.41) is 2.81. The van der Waals surface area contributed by atoms with Gasteiger partial charge in [0.1, 0.15) is 11.5 Å². The fourth-order valence-electron chi connectivity index (χ4n) is 2.16. The van der Waals surface area contributed by atoms with Crippen LogP contribution in [0.4, 0.5) is 5.69 Å². The van der Waals surface area contributed by atoms with Gasteiger partial charge in [0.05, 0.1) is 6.61 Å². The molecule has 0 aliphatic carbocycles. The summed E-state index contributed by atoms with van der Waals surface area (Å²) in [5.74, 6) is 1.35. The Morgan fingerprint density at radius 2 is 1.78 bits per heavy atom. The Bertz CT molecular complexity index is 650. The van der Waals surface area contributed by atoms with Gasteiger partial charge in [-0.15, -0.1) is 0 Å². The van der Waals surface area contributed by atoms with Crippen molar-refractivity contribution < 1.29 is 14.3 Å². The first kappa shape index (κ1) is 16.9. The van der Waals surface area contributed by atoms with Gasteiger partial charge in [-0.05, 0) is 56.2 Å². The first-order valence-corrected chi connectivity index (χ1v) is 7.81. The normalized spacial score (nSPS) is 10.2. The van der Waals surface area contributed by atoms with Crippen LogP contribution in [0, 0.1) is 13.8 Å². The molecule has 0 aromatic heterocycles. The molecule has 0 radical (unpaired) electrons. The number of carbonyl (C=O) groups is 1. The molecule has 0 unspecified atom stereocenters. The molecule has 0 saturated heterocycles. The number of nitrogens with one attached hydrogen (secondary N) is 1. The molecule has 1 N–H and O–H groups in total. The van der Waals surface area contributed by atoms with E-state index in [1.807, 2.05) is 56.3 Å². The quantitative estimate of drug-likeness (QED) is 0.837. The van der Waals surface area contributed by atoms with Gasteiger partial charge in [0.15, 0.2) is 6.61 Å². The minimum atomic E-state index is -0.188. The van der Waals surface area contributed by atoms with E-state index in [-0.39, 0.29) is 12.5 Å². The maximum absolute atomic E-state index is 12.0. The van der Waals surface area contributed by atoms with Gasteiger partial charge in [-0.1, -0.05) is 24.6 Å². The standard InChI is InChI=1S/C19H23NO3/c1-4-11-22-17-8-6-16(7-9-17)20-19(21)13-23-18-10-5-14(2)12-15(18)3/h5-10,12H,4,11,13H2,1-3H3,(H,20,21). The van der Waals surface area contributed by atoms with Crippen molar-refractivity contribution in [2.45, 2.75) is 27.2 Å². The summed E-state index contributed by atoms with van der Waals surface area (Å²) in [4.78, 5) is 12.0. The maximum atomic E-state index is 12.0. The minimum absolute atomic E-state index is 0.0159. The van der Waals surface area contributed by atoms with Gasteiger partial charge in [-0.25, -0.2) is 0 Å². The van der Waals surface area contributed by atoms with Crippen molar-refractivity contribution in [1.29, 1.82) is 0 Å². The fourth-order valence-corrected chi connectivity index (χ4v) is 2.16. The summed E-state index contributed by atoms with van der Waals surface area (Å²) in [6.07, 6.45) is 0.967. The lowest BCUT2D eigenvalue weighted by atomic mass is 10.1. The highest BCUT2D eigenvalue weighted by molar-refractivity contribution is 5.91. The monoisotopic (exact) mass is 313 g/mol. The fraction of sp³-hybridized carbons (Fsp3) is 0.316. The van der Waals surface area contributed by atoms with E-state index in [4.69, 9.17) is 9.47 Å². The predicted molar refractivity (Wildman–Crippen MR) is 92.3 cm³/mol.